The molecule has 2 heterocycles. The summed E-state index contributed by atoms with van der Waals surface area (Å²) in [6, 6.07) is 0.0650. The predicted octanol–water partition coefficient (Wildman–Crippen LogP) is 2.39. The van der Waals surface area contributed by atoms with Gasteiger partial charge < -0.3 is 10.3 Å². The number of hydrogen-bond acceptors (Lipinski definition) is 4. The number of rotatable bonds is 2. The van der Waals surface area contributed by atoms with Crippen molar-refractivity contribution >= 4 is 21.6 Å². The quantitative estimate of drug-likeness (QED) is 0.886. The second-order valence-electron chi connectivity index (χ2n) is 5.49. The summed E-state index contributed by atoms with van der Waals surface area (Å²) < 4.78 is 0. The van der Waals surface area contributed by atoms with Crippen molar-refractivity contribution in [3.05, 3.63) is 26.6 Å². The van der Waals surface area contributed by atoms with Crippen LogP contribution in [0.5, 0.6) is 0 Å². The Bertz CT molecular complexity index is 673. The normalized spacial score (nSPS) is 20.5. The topological polar surface area (TPSA) is 57.8 Å². The van der Waals surface area contributed by atoms with E-state index in [1.54, 1.807) is 11.3 Å². The number of nitrogens with one attached hydrogen (secondary N) is 2. The van der Waals surface area contributed by atoms with Gasteiger partial charge in [0.1, 0.15) is 10.7 Å². The van der Waals surface area contributed by atoms with E-state index in [-0.39, 0.29) is 11.6 Å². The first-order chi connectivity index (χ1) is 9.10. The highest BCUT2D eigenvalue weighted by molar-refractivity contribution is 7.18. The van der Waals surface area contributed by atoms with E-state index in [0.717, 1.165) is 34.8 Å². The molecule has 0 radical (unpaired) electrons. The van der Waals surface area contributed by atoms with E-state index < -0.39 is 0 Å². The van der Waals surface area contributed by atoms with Crippen molar-refractivity contribution < 1.29 is 0 Å². The molecule has 0 spiro atoms. The highest BCUT2D eigenvalue weighted by Crippen LogP contribution is 2.35. The molecule has 0 saturated carbocycles. The third-order valence-corrected chi connectivity index (χ3v) is 5.18. The van der Waals surface area contributed by atoms with E-state index >= 15 is 0 Å². The van der Waals surface area contributed by atoms with E-state index in [9.17, 15) is 4.79 Å². The molecule has 0 aliphatic heterocycles. The lowest BCUT2D eigenvalue weighted by Crippen LogP contribution is -2.20. The fourth-order valence-electron chi connectivity index (χ4n) is 2.71. The van der Waals surface area contributed by atoms with Gasteiger partial charge in [0.25, 0.3) is 5.56 Å². The van der Waals surface area contributed by atoms with Crippen molar-refractivity contribution in [2.75, 3.05) is 7.05 Å². The molecule has 1 aliphatic carbocycles. The molecule has 0 fully saturated rings. The predicted molar refractivity (Wildman–Crippen MR) is 78.9 cm³/mol. The summed E-state index contributed by atoms with van der Waals surface area (Å²) in [4.78, 5) is 22.1. The molecular weight excluding hydrogens is 258 g/mol. The number of hydrogen-bond donors (Lipinski definition) is 2. The fraction of sp³-hybridized carbons (Fsp3) is 0.571. The summed E-state index contributed by atoms with van der Waals surface area (Å²) >= 11 is 1.70. The van der Waals surface area contributed by atoms with Crippen LogP contribution in [0.4, 0.5) is 0 Å². The Kier molecular flexibility index (Phi) is 3.19. The second-order valence-corrected chi connectivity index (χ2v) is 6.58. The number of thiophene rings is 1. The van der Waals surface area contributed by atoms with Crippen LogP contribution in [-0.2, 0) is 12.8 Å². The molecule has 5 heteroatoms. The number of aromatic amines is 1. The number of H-pyrrole nitrogens is 1. The summed E-state index contributed by atoms with van der Waals surface area (Å²) in [5.41, 5.74) is 1.27. The third kappa shape index (κ3) is 2.11. The zero-order valence-corrected chi connectivity index (χ0v) is 12.4. The van der Waals surface area contributed by atoms with Gasteiger partial charge in [-0.3, -0.25) is 4.79 Å². The van der Waals surface area contributed by atoms with Crippen LogP contribution in [0.1, 0.15) is 42.6 Å². The van der Waals surface area contributed by atoms with Crippen molar-refractivity contribution in [1.29, 1.82) is 0 Å². The fourth-order valence-corrected chi connectivity index (χ4v) is 4.10. The minimum Gasteiger partial charge on any atom is -0.311 e. The number of aryl methyl sites for hydroxylation is 1. The lowest BCUT2D eigenvalue weighted by molar-refractivity contribution is 0.509. The Morgan fingerprint density at radius 3 is 3.05 bits per heavy atom. The van der Waals surface area contributed by atoms with Gasteiger partial charge >= 0.3 is 0 Å². The van der Waals surface area contributed by atoms with Crippen LogP contribution in [0.25, 0.3) is 10.2 Å². The summed E-state index contributed by atoms with van der Waals surface area (Å²) in [5, 5.41) is 3.95. The molecule has 2 atom stereocenters. The van der Waals surface area contributed by atoms with Gasteiger partial charge in [0.2, 0.25) is 0 Å². The van der Waals surface area contributed by atoms with E-state index in [0.29, 0.717) is 0 Å². The molecule has 2 aromatic heterocycles. The molecule has 0 aromatic carbocycles. The third-order valence-electron chi connectivity index (χ3n) is 4.03. The lowest BCUT2D eigenvalue weighted by Gasteiger charge is -2.17. The van der Waals surface area contributed by atoms with E-state index in [2.05, 4.69) is 22.2 Å². The van der Waals surface area contributed by atoms with Crippen LogP contribution in [0.15, 0.2) is 4.79 Å². The second kappa shape index (κ2) is 4.72. The molecular formula is C14H19N3OS. The Balaban J connectivity index is 2.19. The van der Waals surface area contributed by atoms with Crippen molar-refractivity contribution in [3.8, 4) is 0 Å². The summed E-state index contributed by atoms with van der Waals surface area (Å²) in [7, 11) is 1.87. The minimum absolute atomic E-state index is 0.0224. The number of fused-ring (bicyclic) bond motifs is 3. The van der Waals surface area contributed by atoms with Gasteiger partial charge in [-0.1, -0.05) is 6.92 Å². The summed E-state index contributed by atoms with van der Waals surface area (Å²) in [5.74, 6) is 1.45. The standard InChI is InChI=1S/C14H19N3OS/c1-7-4-5-9-10(6-7)19-14-11(9)13(18)16-12(17-14)8(2)15-3/h7-8,15H,4-6H2,1-3H3,(H,16,17,18)/t7-,8+/m0/s1. The van der Waals surface area contributed by atoms with Crippen LogP contribution in [0.3, 0.4) is 0 Å². The Morgan fingerprint density at radius 2 is 2.32 bits per heavy atom. The molecule has 0 saturated heterocycles. The van der Waals surface area contributed by atoms with Gasteiger partial charge in [0.15, 0.2) is 0 Å². The monoisotopic (exact) mass is 277 g/mol. The molecule has 0 bridgehead atoms. The molecule has 0 unspecified atom stereocenters. The van der Waals surface area contributed by atoms with Crippen molar-refractivity contribution in [3.63, 3.8) is 0 Å². The molecule has 1 aliphatic rings. The number of aromatic nitrogens is 2. The van der Waals surface area contributed by atoms with Gasteiger partial charge in [-0.25, -0.2) is 4.98 Å². The summed E-state index contributed by atoms with van der Waals surface area (Å²) in [6.45, 7) is 4.28. The molecule has 4 nitrogen and oxygen atoms in total. The average Bonchev–Trinajstić information content (AvgIpc) is 2.75. The van der Waals surface area contributed by atoms with Gasteiger partial charge in [-0.2, -0.15) is 0 Å². The van der Waals surface area contributed by atoms with Crippen LogP contribution in [0, 0.1) is 5.92 Å². The van der Waals surface area contributed by atoms with Crippen molar-refractivity contribution in [2.45, 2.75) is 39.2 Å². The molecule has 102 valence electrons. The van der Waals surface area contributed by atoms with Crippen LogP contribution in [-0.4, -0.2) is 17.0 Å². The maximum atomic E-state index is 12.3. The van der Waals surface area contributed by atoms with Crippen LogP contribution >= 0.6 is 11.3 Å². The Morgan fingerprint density at radius 1 is 1.53 bits per heavy atom. The zero-order chi connectivity index (χ0) is 13.6. The van der Waals surface area contributed by atoms with E-state index in [1.165, 1.54) is 16.9 Å². The average molecular weight is 277 g/mol. The first kappa shape index (κ1) is 12.8. The van der Waals surface area contributed by atoms with Gasteiger partial charge in [-0.15, -0.1) is 11.3 Å². The lowest BCUT2D eigenvalue weighted by atomic mass is 9.89. The van der Waals surface area contributed by atoms with Gasteiger partial charge in [0, 0.05) is 4.88 Å². The maximum absolute atomic E-state index is 12.3. The van der Waals surface area contributed by atoms with E-state index in [4.69, 9.17) is 0 Å². The minimum atomic E-state index is 0.0224. The smallest absolute Gasteiger partial charge is 0.259 e. The van der Waals surface area contributed by atoms with Crippen molar-refractivity contribution in [2.24, 2.45) is 5.92 Å². The van der Waals surface area contributed by atoms with E-state index in [1.807, 2.05) is 14.0 Å². The van der Waals surface area contributed by atoms with Crippen LogP contribution in [0.2, 0.25) is 0 Å². The first-order valence-electron chi connectivity index (χ1n) is 6.82. The zero-order valence-electron chi connectivity index (χ0n) is 11.5. The number of nitrogens with zero attached hydrogens (tertiary/aromatic N) is 1. The SMILES string of the molecule is CN[C@H](C)c1nc2sc3c(c2c(=O)[nH]1)CC[C@H](C)C3. The summed E-state index contributed by atoms with van der Waals surface area (Å²) in [6.07, 6.45) is 3.28. The van der Waals surface area contributed by atoms with Crippen molar-refractivity contribution in [1.82, 2.24) is 15.3 Å². The molecule has 2 aromatic rings. The maximum Gasteiger partial charge on any atom is 0.259 e. The van der Waals surface area contributed by atoms with Gasteiger partial charge in [-0.05, 0) is 44.7 Å². The molecule has 2 N–H and O–H groups in total. The molecule has 0 amide bonds. The highest BCUT2D eigenvalue weighted by atomic mass is 32.1. The van der Waals surface area contributed by atoms with Gasteiger partial charge in [0.05, 0.1) is 11.4 Å². The largest absolute Gasteiger partial charge is 0.311 e. The highest BCUT2D eigenvalue weighted by Gasteiger charge is 2.23. The van der Waals surface area contributed by atoms with Crippen LogP contribution < -0.4 is 10.9 Å². The Labute approximate surface area is 116 Å². The molecule has 3 rings (SSSR count). The first-order valence-corrected chi connectivity index (χ1v) is 7.63. The molecule has 19 heavy (non-hydrogen) atoms. The Hall–Kier alpha value is -1.20.